The molecule has 0 amide bonds. The summed E-state index contributed by atoms with van der Waals surface area (Å²) in [4.78, 5) is 6.76. The normalized spacial score (nSPS) is 26.8. The second kappa shape index (κ2) is 6.88. The van der Waals surface area contributed by atoms with Gasteiger partial charge in [-0.25, -0.2) is 9.67 Å². The summed E-state index contributed by atoms with van der Waals surface area (Å²) in [6.45, 7) is 6.03. The fourth-order valence-corrected chi connectivity index (χ4v) is 2.97. The van der Waals surface area contributed by atoms with Crippen molar-refractivity contribution in [2.24, 2.45) is 17.6 Å². The fraction of sp³-hybridized carbons (Fsp3) is 0.833. The second-order valence-electron chi connectivity index (χ2n) is 5.35. The largest absolute Gasteiger partial charge is 0.326 e. The van der Waals surface area contributed by atoms with Crippen molar-refractivity contribution < 1.29 is 0 Å². The van der Waals surface area contributed by atoms with Gasteiger partial charge in [0.2, 0.25) is 0 Å². The Balaban J connectivity index is 0.000000902. The lowest BCUT2D eigenvalue weighted by molar-refractivity contribution is 0.295. The average Bonchev–Trinajstić information content (AvgIpc) is 2.96. The minimum atomic E-state index is 0. The molecule has 2 fully saturated rings. The van der Waals surface area contributed by atoms with Crippen LogP contribution in [-0.2, 0) is 13.1 Å². The Hall–Kier alpha value is -0.360. The maximum Gasteiger partial charge on any atom is 0.140 e. The summed E-state index contributed by atoms with van der Waals surface area (Å²) < 4.78 is 1.97. The van der Waals surface area contributed by atoms with Gasteiger partial charge in [0.05, 0.1) is 6.54 Å². The van der Waals surface area contributed by atoms with Gasteiger partial charge in [0, 0.05) is 25.7 Å². The van der Waals surface area contributed by atoms with Crippen molar-refractivity contribution in [1.29, 1.82) is 0 Å². The van der Waals surface area contributed by atoms with E-state index < -0.39 is 0 Å². The Morgan fingerprint density at radius 2 is 2.05 bits per heavy atom. The van der Waals surface area contributed by atoms with Gasteiger partial charge in [-0.15, -0.1) is 24.8 Å². The highest BCUT2D eigenvalue weighted by Gasteiger charge is 2.40. The third-order valence-electron chi connectivity index (χ3n) is 4.08. The molecule has 7 heteroatoms. The quantitative estimate of drug-likeness (QED) is 0.911. The standard InChI is InChI=1S/C12H21N5.2ClH/c1-2-17-12(14-8-15-17)7-16-5-10(9-3-4-9)11(13)6-16;;/h8-11H,2-7,13H2,1H3;2*1H/t10-,11+;;/m1../s1. The van der Waals surface area contributed by atoms with E-state index >= 15 is 0 Å². The van der Waals surface area contributed by atoms with Gasteiger partial charge >= 0.3 is 0 Å². The van der Waals surface area contributed by atoms with E-state index in [2.05, 4.69) is 21.9 Å². The SMILES string of the molecule is CCn1ncnc1CN1C[C@H](C2CC2)[C@@H](N)C1.Cl.Cl. The van der Waals surface area contributed by atoms with E-state index in [4.69, 9.17) is 5.73 Å². The predicted octanol–water partition coefficient (Wildman–Crippen LogP) is 1.31. The lowest BCUT2D eigenvalue weighted by Crippen LogP contribution is -2.30. The Bertz CT molecular complexity index is 393. The van der Waals surface area contributed by atoms with Gasteiger partial charge < -0.3 is 5.73 Å². The Labute approximate surface area is 126 Å². The molecule has 1 aromatic rings. The highest BCUT2D eigenvalue weighted by atomic mass is 35.5. The Morgan fingerprint density at radius 3 is 2.68 bits per heavy atom. The van der Waals surface area contributed by atoms with Crippen LogP contribution in [0.5, 0.6) is 0 Å². The van der Waals surface area contributed by atoms with Crippen molar-refractivity contribution in [2.75, 3.05) is 13.1 Å². The maximum atomic E-state index is 6.23. The van der Waals surface area contributed by atoms with Crippen LogP contribution >= 0.6 is 24.8 Å². The van der Waals surface area contributed by atoms with Crippen LogP contribution in [0.1, 0.15) is 25.6 Å². The molecular weight excluding hydrogens is 285 g/mol. The molecular formula is C12H23Cl2N5. The summed E-state index contributed by atoms with van der Waals surface area (Å²) >= 11 is 0. The summed E-state index contributed by atoms with van der Waals surface area (Å²) in [7, 11) is 0. The zero-order chi connectivity index (χ0) is 11.8. The van der Waals surface area contributed by atoms with E-state index in [0.717, 1.165) is 37.9 Å². The van der Waals surface area contributed by atoms with Crippen LogP contribution in [-0.4, -0.2) is 38.8 Å². The maximum absolute atomic E-state index is 6.23. The predicted molar refractivity (Wildman–Crippen MR) is 79.7 cm³/mol. The number of nitrogens with two attached hydrogens (primary N) is 1. The molecule has 1 saturated heterocycles. The molecule has 2 heterocycles. The Morgan fingerprint density at radius 1 is 1.32 bits per heavy atom. The number of hydrogen-bond donors (Lipinski definition) is 1. The molecule has 1 saturated carbocycles. The average molecular weight is 308 g/mol. The van der Waals surface area contributed by atoms with Crippen molar-refractivity contribution in [3.8, 4) is 0 Å². The van der Waals surface area contributed by atoms with Crippen molar-refractivity contribution in [1.82, 2.24) is 19.7 Å². The van der Waals surface area contributed by atoms with Gasteiger partial charge in [0.25, 0.3) is 0 Å². The summed E-state index contributed by atoms with van der Waals surface area (Å²) in [5.74, 6) is 2.68. The third kappa shape index (κ3) is 3.60. The smallest absolute Gasteiger partial charge is 0.140 e. The fourth-order valence-electron chi connectivity index (χ4n) is 2.97. The zero-order valence-electron chi connectivity index (χ0n) is 11.2. The first-order chi connectivity index (χ1) is 8.28. The molecule has 5 nitrogen and oxygen atoms in total. The number of aromatic nitrogens is 3. The van der Waals surface area contributed by atoms with Gasteiger partial charge in [-0.3, -0.25) is 4.90 Å². The molecule has 2 aliphatic rings. The van der Waals surface area contributed by atoms with Gasteiger partial charge in [0.15, 0.2) is 0 Å². The first kappa shape index (κ1) is 16.7. The van der Waals surface area contributed by atoms with Gasteiger partial charge in [-0.1, -0.05) is 0 Å². The molecule has 0 spiro atoms. The molecule has 19 heavy (non-hydrogen) atoms. The van der Waals surface area contributed by atoms with E-state index in [1.807, 2.05) is 4.68 Å². The number of hydrogen-bond acceptors (Lipinski definition) is 4. The van der Waals surface area contributed by atoms with Crippen molar-refractivity contribution >= 4 is 24.8 Å². The molecule has 0 aromatic carbocycles. The van der Waals surface area contributed by atoms with Crippen molar-refractivity contribution in [2.45, 2.75) is 38.9 Å². The lowest BCUT2D eigenvalue weighted by Gasteiger charge is -2.15. The van der Waals surface area contributed by atoms with Crippen LogP contribution in [0.2, 0.25) is 0 Å². The molecule has 0 unspecified atom stereocenters. The molecule has 3 rings (SSSR count). The Kier molecular flexibility index (Phi) is 6.05. The van der Waals surface area contributed by atoms with E-state index in [1.165, 1.54) is 12.8 Å². The molecule has 1 aliphatic heterocycles. The molecule has 0 bridgehead atoms. The topological polar surface area (TPSA) is 60.0 Å². The van der Waals surface area contributed by atoms with Crippen LogP contribution in [0, 0.1) is 11.8 Å². The zero-order valence-corrected chi connectivity index (χ0v) is 12.9. The van der Waals surface area contributed by atoms with Gasteiger partial charge in [-0.05, 0) is 31.6 Å². The lowest BCUT2D eigenvalue weighted by atomic mass is 9.99. The van der Waals surface area contributed by atoms with Crippen molar-refractivity contribution in [3.05, 3.63) is 12.2 Å². The number of aryl methyl sites for hydroxylation is 1. The van der Waals surface area contributed by atoms with Crippen LogP contribution in [0.3, 0.4) is 0 Å². The molecule has 0 radical (unpaired) electrons. The number of halogens is 2. The van der Waals surface area contributed by atoms with Gasteiger partial charge in [-0.2, -0.15) is 5.10 Å². The van der Waals surface area contributed by atoms with Crippen LogP contribution in [0.4, 0.5) is 0 Å². The second-order valence-corrected chi connectivity index (χ2v) is 5.35. The minimum Gasteiger partial charge on any atom is -0.326 e. The number of rotatable bonds is 4. The number of likely N-dealkylation sites (tertiary alicyclic amines) is 1. The van der Waals surface area contributed by atoms with E-state index in [0.29, 0.717) is 12.0 Å². The highest BCUT2D eigenvalue weighted by molar-refractivity contribution is 5.85. The first-order valence-corrected chi connectivity index (χ1v) is 6.62. The first-order valence-electron chi connectivity index (χ1n) is 6.62. The van der Waals surface area contributed by atoms with Crippen LogP contribution in [0.15, 0.2) is 6.33 Å². The van der Waals surface area contributed by atoms with Crippen LogP contribution in [0.25, 0.3) is 0 Å². The minimum absolute atomic E-state index is 0. The molecule has 1 aliphatic carbocycles. The van der Waals surface area contributed by atoms with Gasteiger partial charge in [0.1, 0.15) is 12.2 Å². The summed E-state index contributed by atoms with van der Waals surface area (Å²) in [5.41, 5.74) is 6.23. The van der Waals surface area contributed by atoms with E-state index in [9.17, 15) is 0 Å². The monoisotopic (exact) mass is 307 g/mol. The summed E-state index contributed by atoms with van der Waals surface area (Å²) in [5, 5.41) is 4.21. The van der Waals surface area contributed by atoms with E-state index in [1.54, 1.807) is 6.33 Å². The molecule has 2 atom stereocenters. The number of nitrogens with zero attached hydrogens (tertiary/aromatic N) is 4. The summed E-state index contributed by atoms with van der Waals surface area (Å²) in [6.07, 6.45) is 4.42. The van der Waals surface area contributed by atoms with E-state index in [-0.39, 0.29) is 24.8 Å². The highest BCUT2D eigenvalue weighted by Crippen LogP contribution is 2.40. The van der Waals surface area contributed by atoms with Crippen molar-refractivity contribution in [3.63, 3.8) is 0 Å². The molecule has 110 valence electrons. The molecule has 1 aromatic heterocycles. The molecule has 2 N–H and O–H groups in total. The third-order valence-corrected chi connectivity index (χ3v) is 4.08. The van der Waals surface area contributed by atoms with Crippen LogP contribution < -0.4 is 5.73 Å². The summed E-state index contributed by atoms with van der Waals surface area (Å²) in [6, 6.07) is 0.362.